The van der Waals surface area contributed by atoms with E-state index in [4.69, 9.17) is 4.74 Å². The molecule has 0 N–H and O–H groups in total. The predicted octanol–water partition coefficient (Wildman–Crippen LogP) is 4.68. The van der Waals surface area contributed by atoms with E-state index in [9.17, 15) is 0 Å². The summed E-state index contributed by atoms with van der Waals surface area (Å²) in [5.74, 6) is 1.93. The standard InChI is InChI=1S/C17H24N4OS/c1-7-21(6)10-18-14-8-13(5)15(9-12(14)4)22-17-19-16(11(2)3)20-23-17/h8-11H,7H2,1-6H3. The summed E-state index contributed by atoms with van der Waals surface area (Å²) in [5, 5.41) is 0.582. The Kier molecular flexibility index (Phi) is 5.71. The normalized spacial score (nSPS) is 11.4. The molecule has 0 aliphatic rings. The van der Waals surface area contributed by atoms with Gasteiger partial charge in [0.2, 0.25) is 0 Å². The minimum Gasteiger partial charge on any atom is -0.430 e. The molecule has 23 heavy (non-hydrogen) atoms. The number of rotatable bonds is 6. The number of benzene rings is 1. The van der Waals surface area contributed by atoms with Crippen molar-refractivity contribution in [3.8, 4) is 10.9 Å². The zero-order valence-electron chi connectivity index (χ0n) is 14.6. The molecule has 1 aromatic carbocycles. The third-order valence-corrected chi connectivity index (χ3v) is 4.13. The highest BCUT2D eigenvalue weighted by Gasteiger charge is 2.12. The minimum atomic E-state index is 0.304. The molecular weight excluding hydrogens is 308 g/mol. The fourth-order valence-electron chi connectivity index (χ4n) is 1.86. The summed E-state index contributed by atoms with van der Waals surface area (Å²) in [6, 6.07) is 4.04. The smallest absolute Gasteiger partial charge is 0.298 e. The van der Waals surface area contributed by atoms with E-state index in [0.717, 1.165) is 34.9 Å². The third kappa shape index (κ3) is 4.51. The van der Waals surface area contributed by atoms with E-state index in [-0.39, 0.29) is 0 Å². The predicted molar refractivity (Wildman–Crippen MR) is 96.4 cm³/mol. The van der Waals surface area contributed by atoms with Gasteiger partial charge in [0.05, 0.1) is 12.0 Å². The molecule has 0 bridgehead atoms. The van der Waals surface area contributed by atoms with Gasteiger partial charge in [-0.25, -0.2) is 4.99 Å². The Hall–Kier alpha value is -1.95. The maximum Gasteiger partial charge on any atom is 0.298 e. The molecule has 0 saturated heterocycles. The van der Waals surface area contributed by atoms with Gasteiger partial charge in [0.25, 0.3) is 5.19 Å². The average Bonchev–Trinajstić information content (AvgIpc) is 2.97. The van der Waals surface area contributed by atoms with E-state index in [1.165, 1.54) is 11.5 Å². The minimum absolute atomic E-state index is 0.304. The quantitative estimate of drug-likeness (QED) is 0.569. The highest BCUT2D eigenvalue weighted by atomic mass is 32.1. The summed E-state index contributed by atoms with van der Waals surface area (Å²) in [5.41, 5.74) is 3.05. The Balaban J connectivity index is 2.20. The fraction of sp³-hybridized carbons (Fsp3) is 0.471. The van der Waals surface area contributed by atoms with Gasteiger partial charge in [-0.2, -0.15) is 9.36 Å². The molecule has 2 rings (SSSR count). The molecule has 2 aromatic rings. The second-order valence-electron chi connectivity index (χ2n) is 5.90. The van der Waals surface area contributed by atoms with Crippen LogP contribution in [0.4, 0.5) is 5.69 Å². The van der Waals surface area contributed by atoms with Crippen LogP contribution < -0.4 is 4.74 Å². The van der Waals surface area contributed by atoms with Gasteiger partial charge < -0.3 is 9.64 Å². The molecule has 0 unspecified atom stereocenters. The lowest BCUT2D eigenvalue weighted by Gasteiger charge is -2.11. The number of aliphatic imine (C=N–C) groups is 1. The highest BCUT2D eigenvalue weighted by molar-refractivity contribution is 7.07. The van der Waals surface area contributed by atoms with Crippen LogP contribution in [0.3, 0.4) is 0 Å². The summed E-state index contributed by atoms with van der Waals surface area (Å²) >= 11 is 1.29. The molecule has 6 heteroatoms. The van der Waals surface area contributed by atoms with Crippen molar-refractivity contribution in [3.63, 3.8) is 0 Å². The molecule has 0 radical (unpaired) electrons. The summed E-state index contributed by atoms with van der Waals surface area (Å²) in [4.78, 5) is 11.0. The number of hydrogen-bond donors (Lipinski definition) is 0. The SMILES string of the molecule is CCN(C)C=Nc1cc(C)c(Oc2nc(C(C)C)ns2)cc1C. The zero-order chi connectivity index (χ0) is 17.0. The van der Waals surface area contributed by atoms with Crippen molar-refractivity contribution < 1.29 is 4.74 Å². The average molecular weight is 332 g/mol. The molecule has 0 aliphatic heterocycles. The van der Waals surface area contributed by atoms with Crippen LogP contribution >= 0.6 is 11.5 Å². The lowest BCUT2D eigenvalue weighted by molar-refractivity contribution is 0.472. The molecular formula is C17H24N4OS. The van der Waals surface area contributed by atoms with Crippen molar-refractivity contribution in [1.29, 1.82) is 0 Å². The molecule has 5 nitrogen and oxygen atoms in total. The number of aromatic nitrogens is 2. The Morgan fingerprint density at radius 2 is 2.04 bits per heavy atom. The second kappa shape index (κ2) is 7.55. The lowest BCUT2D eigenvalue weighted by atomic mass is 10.1. The van der Waals surface area contributed by atoms with Crippen molar-refractivity contribution >= 4 is 23.6 Å². The molecule has 0 atom stereocenters. The van der Waals surface area contributed by atoms with E-state index in [0.29, 0.717) is 11.1 Å². The van der Waals surface area contributed by atoms with E-state index in [2.05, 4.69) is 35.1 Å². The second-order valence-corrected chi connectivity index (χ2v) is 6.61. The van der Waals surface area contributed by atoms with Gasteiger partial charge in [-0.3, -0.25) is 0 Å². The third-order valence-electron chi connectivity index (χ3n) is 3.52. The Morgan fingerprint density at radius 3 is 2.65 bits per heavy atom. The molecule has 0 aliphatic carbocycles. The van der Waals surface area contributed by atoms with Gasteiger partial charge in [-0.15, -0.1) is 0 Å². The number of ether oxygens (including phenoxy) is 1. The van der Waals surface area contributed by atoms with E-state index in [1.807, 2.05) is 44.3 Å². The van der Waals surface area contributed by atoms with Gasteiger partial charge in [0, 0.05) is 31.0 Å². The first-order chi connectivity index (χ1) is 10.9. The van der Waals surface area contributed by atoms with Gasteiger partial charge in [0.15, 0.2) is 0 Å². The van der Waals surface area contributed by atoms with Gasteiger partial charge in [-0.05, 0) is 44.0 Å². The van der Waals surface area contributed by atoms with Crippen LogP contribution in [0.25, 0.3) is 0 Å². The van der Waals surface area contributed by atoms with E-state index in [1.54, 1.807) is 0 Å². The monoisotopic (exact) mass is 332 g/mol. The Morgan fingerprint density at radius 1 is 1.30 bits per heavy atom. The summed E-state index contributed by atoms with van der Waals surface area (Å²) < 4.78 is 10.2. The van der Waals surface area contributed by atoms with Crippen molar-refractivity contribution in [3.05, 3.63) is 29.1 Å². The molecule has 124 valence electrons. The highest BCUT2D eigenvalue weighted by Crippen LogP contribution is 2.32. The Bertz CT molecular complexity index is 694. The van der Waals surface area contributed by atoms with Gasteiger partial charge >= 0.3 is 0 Å². The van der Waals surface area contributed by atoms with Gasteiger partial charge in [-0.1, -0.05) is 13.8 Å². The summed E-state index contributed by atoms with van der Waals surface area (Å²) in [7, 11) is 2.00. The zero-order valence-corrected chi connectivity index (χ0v) is 15.4. The van der Waals surface area contributed by atoms with Gasteiger partial charge in [0.1, 0.15) is 11.6 Å². The van der Waals surface area contributed by atoms with Crippen LogP contribution in [0.5, 0.6) is 10.9 Å². The van der Waals surface area contributed by atoms with Crippen molar-refractivity contribution in [2.45, 2.75) is 40.5 Å². The van der Waals surface area contributed by atoms with Crippen molar-refractivity contribution in [2.75, 3.05) is 13.6 Å². The first-order valence-corrected chi connectivity index (χ1v) is 8.55. The number of aryl methyl sites for hydroxylation is 2. The number of nitrogens with zero attached hydrogens (tertiary/aromatic N) is 4. The van der Waals surface area contributed by atoms with Crippen LogP contribution in [0.2, 0.25) is 0 Å². The van der Waals surface area contributed by atoms with Crippen molar-refractivity contribution in [2.24, 2.45) is 4.99 Å². The largest absolute Gasteiger partial charge is 0.430 e. The topological polar surface area (TPSA) is 50.6 Å². The van der Waals surface area contributed by atoms with Crippen LogP contribution in [0, 0.1) is 13.8 Å². The molecule has 1 heterocycles. The first-order valence-electron chi connectivity index (χ1n) is 7.77. The van der Waals surface area contributed by atoms with Crippen LogP contribution in [0.1, 0.15) is 43.6 Å². The van der Waals surface area contributed by atoms with Crippen LogP contribution in [-0.2, 0) is 0 Å². The van der Waals surface area contributed by atoms with E-state index >= 15 is 0 Å². The number of hydrogen-bond acceptors (Lipinski definition) is 5. The maximum absolute atomic E-state index is 5.91. The molecule has 0 fully saturated rings. The van der Waals surface area contributed by atoms with Crippen LogP contribution in [-0.4, -0.2) is 34.2 Å². The lowest BCUT2D eigenvalue weighted by Crippen LogP contribution is -2.14. The molecule has 0 amide bonds. The fourth-order valence-corrected chi connectivity index (χ4v) is 2.54. The van der Waals surface area contributed by atoms with Crippen molar-refractivity contribution in [1.82, 2.24) is 14.3 Å². The van der Waals surface area contributed by atoms with Crippen LogP contribution in [0.15, 0.2) is 17.1 Å². The summed E-state index contributed by atoms with van der Waals surface area (Å²) in [6.07, 6.45) is 1.85. The first kappa shape index (κ1) is 17.4. The maximum atomic E-state index is 5.91. The molecule has 1 aromatic heterocycles. The Labute approximate surface area is 142 Å². The summed E-state index contributed by atoms with van der Waals surface area (Å²) in [6.45, 7) is 11.2. The molecule has 0 spiro atoms. The van der Waals surface area contributed by atoms with E-state index < -0.39 is 0 Å². The molecule has 0 saturated carbocycles.